The number of rotatable bonds is 12. The van der Waals surface area contributed by atoms with Crippen molar-refractivity contribution in [2.45, 2.75) is 101 Å². The van der Waals surface area contributed by atoms with Gasteiger partial charge >= 0.3 is 18.2 Å². The normalized spacial score (nSPS) is 26.0. The van der Waals surface area contributed by atoms with E-state index in [-0.39, 0.29) is 31.5 Å². The van der Waals surface area contributed by atoms with E-state index in [0.29, 0.717) is 18.4 Å². The van der Waals surface area contributed by atoms with Gasteiger partial charge in [0.1, 0.15) is 35.1 Å². The maximum atomic E-state index is 14.9. The fourth-order valence-electron chi connectivity index (χ4n) is 7.05. The highest BCUT2D eigenvalue weighted by Gasteiger charge is 2.62. The van der Waals surface area contributed by atoms with Gasteiger partial charge in [0, 0.05) is 30.0 Å². The summed E-state index contributed by atoms with van der Waals surface area (Å²) in [6.07, 6.45) is -0.938. The Kier molecular flexibility index (Phi) is 10.7. The van der Waals surface area contributed by atoms with Gasteiger partial charge in [-0.25, -0.2) is 27.2 Å². The van der Waals surface area contributed by atoms with Crippen LogP contribution in [0, 0.1) is 17.7 Å². The number of carbonyl (C=O) groups is 6. The van der Waals surface area contributed by atoms with Crippen LogP contribution >= 0.6 is 0 Å². The van der Waals surface area contributed by atoms with Gasteiger partial charge in [-0.15, -0.1) is 6.58 Å². The number of sulfonamides is 1. The van der Waals surface area contributed by atoms with Crippen LogP contribution in [0.5, 0.6) is 0 Å². The summed E-state index contributed by atoms with van der Waals surface area (Å²) in [7, 11) is -4.01. The van der Waals surface area contributed by atoms with E-state index in [0.717, 1.165) is 15.9 Å². The second-order valence-corrected chi connectivity index (χ2v) is 16.8. The molecule has 2 saturated carbocycles. The molecule has 4 aliphatic rings. The molecule has 0 radical (unpaired) electrons. The summed E-state index contributed by atoms with van der Waals surface area (Å²) in [6, 6.07) is 0.0957. The number of likely N-dealkylation sites (tertiary alicyclic amines) is 1. The molecule has 2 aliphatic carbocycles. The van der Waals surface area contributed by atoms with Crippen molar-refractivity contribution in [1.82, 2.24) is 25.2 Å². The topological polar surface area (TPSA) is 218 Å². The van der Waals surface area contributed by atoms with Gasteiger partial charge < -0.3 is 30.1 Å². The first-order chi connectivity index (χ1) is 24.7. The van der Waals surface area contributed by atoms with Gasteiger partial charge in [-0.05, 0) is 65.0 Å². The van der Waals surface area contributed by atoms with Gasteiger partial charge in [0.2, 0.25) is 21.8 Å². The number of amides is 5. The van der Waals surface area contributed by atoms with Crippen LogP contribution < -0.4 is 15.4 Å². The van der Waals surface area contributed by atoms with E-state index in [9.17, 15) is 46.7 Å². The maximum absolute atomic E-state index is 14.9. The monoisotopic (exact) mass is 761 g/mol. The number of ether oxygens (including phenoxy) is 2. The number of benzene rings is 1. The third-order valence-corrected chi connectivity index (χ3v) is 11.7. The third-order valence-electron chi connectivity index (χ3n) is 9.87. The Morgan fingerprint density at radius 2 is 1.79 bits per heavy atom. The molecular weight excluding hydrogens is 717 g/mol. The van der Waals surface area contributed by atoms with E-state index in [2.05, 4.69) is 28.5 Å². The molecule has 18 heteroatoms. The summed E-state index contributed by atoms with van der Waals surface area (Å²) in [5, 5.41) is 14.5. The summed E-state index contributed by atoms with van der Waals surface area (Å²) in [6.45, 7) is 12.5. The standard InChI is InChI=1S/C35H44FN5O11S/c1-7-20-15-35(20,31(45)39-53(49,50)21-12-13-21)38-29(43)25-14-19(28-22-10-9-11-24(36)23(22)17-41(28)33(47)48)16-40(25)30(44)27(18(3)51-26(42)8-2)37-32(46)52-34(4,5)6/h7-11,18-21,25,27-28H,1-2,12-17H2,3-6H3,(H,37,46)(H,38,43)(H,39,45)(H,47,48)/t18-,19-,20-,25+,27+,28?,35-/m1/s1. The lowest BCUT2D eigenvalue weighted by atomic mass is 9.90. The Morgan fingerprint density at radius 3 is 2.36 bits per heavy atom. The molecule has 4 N–H and O–H groups in total. The van der Waals surface area contributed by atoms with E-state index in [4.69, 9.17) is 9.47 Å². The predicted molar refractivity (Wildman–Crippen MR) is 184 cm³/mol. The number of alkyl carbamates (subject to hydrolysis) is 1. The highest BCUT2D eigenvalue weighted by atomic mass is 32.2. The molecule has 5 rings (SSSR count). The summed E-state index contributed by atoms with van der Waals surface area (Å²) < 4.78 is 53.0. The SMILES string of the molecule is C=CC(=O)O[C@H](C)[C@H](NC(=O)OC(C)(C)C)C(=O)N1C[C@H](C2c3cccc(F)c3CN2C(=O)O)C[C@H]1C(=O)N[C@]1(C(=O)NS(=O)(=O)C2CC2)C[C@H]1C=C. The molecule has 0 bridgehead atoms. The molecule has 1 aromatic rings. The molecule has 0 spiro atoms. The van der Waals surface area contributed by atoms with Crippen molar-refractivity contribution in [3.05, 3.63) is 60.5 Å². The summed E-state index contributed by atoms with van der Waals surface area (Å²) >= 11 is 0. The fourth-order valence-corrected chi connectivity index (χ4v) is 8.42. The van der Waals surface area contributed by atoms with Crippen molar-refractivity contribution < 1.29 is 56.2 Å². The summed E-state index contributed by atoms with van der Waals surface area (Å²) in [4.78, 5) is 82.1. The van der Waals surface area contributed by atoms with Crippen LogP contribution in [-0.2, 0) is 45.2 Å². The molecule has 288 valence electrons. The zero-order valence-electron chi connectivity index (χ0n) is 29.8. The number of hydrogen-bond donors (Lipinski definition) is 4. The van der Waals surface area contributed by atoms with Gasteiger partial charge in [0.25, 0.3) is 5.91 Å². The quantitative estimate of drug-likeness (QED) is 0.138. The van der Waals surface area contributed by atoms with Crippen LogP contribution in [0.25, 0.3) is 0 Å². The molecule has 16 nitrogen and oxygen atoms in total. The molecule has 5 amide bonds. The van der Waals surface area contributed by atoms with Crippen molar-refractivity contribution in [2.75, 3.05) is 6.54 Å². The maximum Gasteiger partial charge on any atom is 0.408 e. The summed E-state index contributed by atoms with van der Waals surface area (Å²) in [5.41, 5.74) is -2.24. The number of hydrogen-bond acceptors (Lipinski definition) is 10. The van der Waals surface area contributed by atoms with Gasteiger partial charge in [-0.2, -0.15) is 0 Å². The number of carboxylic acid groups (broad SMARTS) is 1. The zero-order chi connectivity index (χ0) is 39.2. The second-order valence-electron chi connectivity index (χ2n) is 14.8. The van der Waals surface area contributed by atoms with E-state index in [1.807, 2.05) is 0 Å². The minimum Gasteiger partial charge on any atom is -0.465 e. The number of esters is 1. The molecule has 2 aliphatic heterocycles. The number of carbonyl (C=O) groups excluding carboxylic acids is 5. The Morgan fingerprint density at radius 1 is 1.11 bits per heavy atom. The molecule has 53 heavy (non-hydrogen) atoms. The van der Waals surface area contributed by atoms with Crippen LogP contribution in [-0.4, -0.2) is 100 Å². The lowest BCUT2D eigenvalue weighted by Crippen LogP contribution is -2.60. The first kappa shape index (κ1) is 39.2. The van der Waals surface area contributed by atoms with Crippen LogP contribution in [0.3, 0.4) is 0 Å². The van der Waals surface area contributed by atoms with Gasteiger partial charge in [-0.3, -0.25) is 24.0 Å². The van der Waals surface area contributed by atoms with Crippen LogP contribution in [0.15, 0.2) is 43.5 Å². The number of halogens is 1. The van der Waals surface area contributed by atoms with E-state index < -0.39 is 104 Å². The van der Waals surface area contributed by atoms with Crippen molar-refractivity contribution >= 4 is 45.9 Å². The number of nitrogens with zero attached hydrogens (tertiary/aromatic N) is 2. The lowest BCUT2D eigenvalue weighted by molar-refractivity contribution is -0.150. The Balaban J connectivity index is 1.51. The molecule has 1 saturated heterocycles. The number of fused-ring (bicyclic) bond motifs is 1. The second kappa shape index (κ2) is 14.4. The molecule has 1 aromatic carbocycles. The lowest BCUT2D eigenvalue weighted by Gasteiger charge is -2.32. The first-order valence-electron chi connectivity index (χ1n) is 17.1. The average molecular weight is 762 g/mol. The van der Waals surface area contributed by atoms with Crippen LogP contribution in [0.2, 0.25) is 0 Å². The highest BCUT2D eigenvalue weighted by molar-refractivity contribution is 7.91. The highest BCUT2D eigenvalue weighted by Crippen LogP contribution is 2.47. The Bertz CT molecular complexity index is 1840. The van der Waals surface area contributed by atoms with E-state index >= 15 is 0 Å². The molecule has 2 heterocycles. The minimum absolute atomic E-state index is 0.0117. The average Bonchev–Trinajstić information content (AvgIpc) is 3.96. The largest absolute Gasteiger partial charge is 0.465 e. The Hall–Kier alpha value is -5.00. The van der Waals surface area contributed by atoms with E-state index in [1.165, 1.54) is 25.1 Å². The third kappa shape index (κ3) is 8.16. The minimum atomic E-state index is -4.01. The van der Waals surface area contributed by atoms with Crippen LogP contribution in [0.1, 0.15) is 70.5 Å². The van der Waals surface area contributed by atoms with Gasteiger partial charge in [0.05, 0.1) is 17.8 Å². The van der Waals surface area contributed by atoms with Gasteiger partial charge in [0.15, 0.2) is 0 Å². The molecule has 3 fully saturated rings. The molecule has 1 unspecified atom stereocenters. The van der Waals surface area contributed by atoms with Crippen molar-refractivity contribution in [2.24, 2.45) is 11.8 Å². The zero-order valence-corrected chi connectivity index (χ0v) is 30.6. The fraction of sp³-hybridized carbons (Fsp3) is 0.543. The Labute approximate surface area is 306 Å². The number of nitrogens with one attached hydrogen (secondary N) is 3. The molecular formula is C35H44FN5O11S. The molecule has 0 aromatic heterocycles. The van der Waals surface area contributed by atoms with Crippen LogP contribution in [0.4, 0.5) is 14.0 Å². The van der Waals surface area contributed by atoms with Crippen molar-refractivity contribution in [1.29, 1.82) is 0 Å². The van der Waals surface area contributed by atoms with E-state index in [1.54, 1.807) is 26.8 Å². The first-order valence-corrected chi connectivity index (χ1v) is 18.7. The van der Waals surface area contributed by atoms with Gasteiger partial charge in [-0.1, -0.05) is 24.8 Å². The predicted octanol–water partition coefficient (Wildman–Crippen LogP) is 2.26. The smallest absolute Gasteiger partial charge is 0.408 e. The van der Waals surface area contributed by atoms with Crippen molar-refractivity contribution in [3.8, 4) is 0 Å². The summed E-state index contributed by atoms with van der Waals surface area (Å²) in [5.74, 6) is -5.81. The molecule has 7 atom stereocenters. The van der Waals surface area contributed by atoms with Crippen molar-refractivity contribution in [3.63, 3.8) is 0 Å².